The summed E-state index contributed by atoms with van der Waals surface area (Å²) in [5.74, 6) is -5.95. The summed E-state index contributed by atoms with van der Waals surface area (Å²) in [6, 6.07) is -0.559. The summed E-state index contributed by atoms with van der Waals surface area (Å²) in [4.78, 5) is 83.4. The summed E-state index contributed by atoms with van der Waals surface area (Å²) < 4.78 is 0. The molecule has 0 aliphatic carbocycles. The van der Waals surface area contributed by atoms with Gasteiger partial charge in [0, 0.05) is 31.0 Å². The summed E-state index contributed by atoms with van der Waals surface area (Å²) in [5, 5.41) is 29.6. The molecule has 20 nitrogen and oxygen atoms in total. The average molecular weight is 727 g/mol. The van der Waals surface area contributed by atoms with Gasteiger partial charge in [0.05, 0.1) is 12.6 Å². The fourth-order valence-electron chi connectivity index (χ4n) is 4.32. The standard InChI is InChI=1S/C29H47ClN12O8/c30-16-7-5-15(6-8-16)13-20(25(47)42-21(14-43)26(48)40-19(27(49)50)4-2-12-38-29(35)36)41-24(46)18(3-1-11-37-28(33)34)39-23(45)17(31)9-10-22(32)44/h5-8,17-21,43H,1-4,9-14,31H2,(H2,32,44)(H,39,45)(H,40,48)(H,41,46)(H,42,47)(H,49,50)(H4,33,34,37)(H4,35,36,38)/t17-,18-,19-,20-,21-/m0/s1. The van der Waals surface area contributed by atoms with Gasteiger partial charge >= 0.3 is 5.97 Å². The number of hydrogen-bond donors (Lipinski definition) is 12. The van der Waals surface area contributed by atoms with Crippen molar-refractivity contribution in [1.82, 2.24) is 21.3 Å². The number of aliphatic imine (C=N–C) groups is 2. The second-order valence-electron chi connectivity index (χ2n) is 11.1. The molecule has 0 heterocycles. The molecule has 5 atom stereocenters. The Balaban J connectivity index is 3.23. The number of carboxylic acids is 1. The summed E-state index contributed by atoms with van der Waals surface area (Å²) in [5.41, 5.74) is 32.8. The Labute approximate surface area is 293 Å². The van der Waals surface area contributed by atoms with Crippen LogP contribution in [0.15, 0.2) is 34.3 Å². The van der Waals surface area contributed by atoms with E-state index >= 15 is 0 Å². The average Bonchev–Trinajstić information content (AvgIpc) is 3.04. The van der Waals surface area contributed by atoms with Crippen LogP contribution < -0.4 is 55.7 Å². The van der Waals surface area contributed by atoms with Crippen LogP contribution in [-0.2, 0) is 35.2 Å². The third-order valence-electron chi connectivity index (χ3n) is 6.98. The first-order chi connectivity index (χ1) is 23.5. The van der Waals surface area contributed by atoms with Crippen molar-refractivity contribution in [2.75, 3.05) is 19.7 Å². The van der Waals surface area contributed by atoms with E-state index in [0.29, 0.717) is 10.6 Å². The largest absolute Gasteiger partial charge is 0.480 e. The second-order valence-corrected chi connectivity index (χ2v) is 11.5. The lowest BCUT2D eigenvalue weighted by molar-refractivity contribution is -0.142. The van der Waals surface area contributed by atoms with Crippen molar-refractivity contribution in [3.05, 3.63) is 34.9 Å². The molecule has 0 bridgehead atoms. The van der Waals surface area contributed by atoms with Crippen LogP contribution in [0.1, 0.15) is 44.1 Å². The number of nitrogens with one attached hydrogen (secondary N) is 4. The number of aliphatic hydroxyl groups excluding tert-OH is 1. The number of aliphatic hydroxyl groups is 1. The maximum absolute atomic E-state index is 13.6. The Morgan fingerprint density at radius 1 is 0.680 bits per heavy atom. The number of hydrogen-bond acceptors (Lipinski definition) is 10. The fourth-order valence-corrected chi connectivity index (χ4v) is 4.44. The summed E-state index contributed by atoms with van der Waals surface area (Å²) in [6.07, 6.45) is -0.0671. The van der Waals surface area contributed by atoms with Crippen LogP contribution in [0, 0.1) is 0 Å². The van der Waals surface area contributed by atoms with E-state index in [2.05, 4.69) is 31.3 Å². The van der Waals surface area contributed by atoms with Crippen LogP contribution >= 0.6 is 11.6 Å². The highest BCUT2D eigenvalue weighted by molar-refractivity contribution is 6.30. The second kappa shape index (κ2) is 22.4. The van der Waals surface area contributed by atoms with Crippen molar-refractivity contribution in [1.29, 1.82) is 0 Å². The van der Waals surface area contributed by atoms with Crippen LogP contribution in [-0.4, -0.2) is 108 Å². The Kier molecular flexibility index (Phi) is 19.2. The molecule has 0 saturated carbocycles. The minimum atomic E-state index is -1.62. The first-order valence-electron chi connectivity index (χ1n) is 15.5. The minimum absolute atomic E-state index is 0.00634. The molecule has 21 heteroatoms. The lowest BCUT2D eigenvalue weighted by atomic mass is 10.0. The summed E-state index contributed by atoms with van der Waals surface area (Å²) >= 11 is 5.99. The highest BCUT2D eigenvalue weighted by atomic mass is 35.5. The van der Waals surface area contributed by atoms with Gasteiger partial charge in [-0.1, -0.05) is 23.7 Å². The van der Waals surface area contributed by atoms with E-state index in [1.165, 1.54) is 0 Å². The zero-order valence-corrected chi connectivity index (χ0v) is 28.1. The number of benzene rings is 1. The Morgan fingerprint density at radius 3 is 1.64 bits per heavy atom. The molecule has 0 aliphatic heterocycles. The zero-order chi connectivity index (χ0) is 37.8. The Bertz CT molecular complexity index is 1370. The molecular formula is C29H47ClN12O8. The van der Waals surface area contributed by atoms with E-state index in [-0.39, 0.29) is 70.0 Å². The SMILES string of the molecule is NC(=O)CC[C@H](N)C(=O)N[C@@H](CCCN=C(N)N)C(=O)N[C@@H](Cc1ccc(Cl)cc1)C(=O)N[C@@H](CO)C(=O)N[C@@H](CCCN=C(N)N)C(=O)O. The van der Waals surface area contributed by atoms with Crippen LogP contribution in [0.2, 0.25) is 5.02 Å². The molecule has 0 radical (unpaired) electrons. The van der Waals surface area contributed by atoms with Gasteiger partial charge in [-0.05, 0) is 49.8 Å². The molecule has 18 N–H and O–H groups in total. The number of aliphatic carboxylic acids is 1. The zero-order valence-electron chi connectivity index (χ0n) is 27.3. The quantitative estimate of drug-likeness (QED) is 0.0288. The van der Waals surface area contributed by atoms with Crippen molar-refractivity contribution >= 4 is 59.0 Å². The third-order valence-corrected chi connectivity index (χ3v) is 7.23. The number of rotatable bonds is 23. The van der Waals surface area contributed by atoms with E-state index in [9.17, 15) is 39.0 Å². The van der Waals surface area contributed by atoms with Gasteiger partial charge in [-0.2, -0.15) is 0 Å². The maximum atomic E-state index is 13.6. The van der Waals surface area contributed by atoms with Crippen LogP contribution in [0.25, 0.3) is 0 Å². The molecule has 50 heavy (non-hydrogen) atoms. The summed E-state index contributed by atoms with van der Waals surface area (Å²) in [7, 11) is 0. The molecule has 0 spiro atoms. The van der Waals surface area contributed by atoms with E-state index < -0.39 is 72.3 Å². The van der Waals surface area contributed by atoms with Crippen molar-refractivity contribution in [2.24, 2.45) is 44.4 Å². The van der Waals surface area contributed by atoms with Gasteiger partial charge in [-0.25, -0.2) is 4.79 Å². The third kappa shape index (κ3) is 17.3. The molecule has 0 unspecified atom stereocenters. The van der Waals surface area contributed by atoms with Gasteiger partial charge in [0.2, 0.25) is 29.5 Å². The van der Waals surface area contributed by atoms with E-state index in [0.717, 1.165) is 0 Å². The normalized spacial score (nSPS) is 13.7. The number of primary amides is 1. The lowest BCUT2D eigenvalue weighted by Gasteiger charge is -2.26. The smallest absolute Gasteiger partial charge is 0.326 e. The molecule has 5 amide bonds. The molecular weight excluding hydrogens is 680 g/mol. The molecule has 0 saturated heterocycles. The van der Waals surface area contributed by atoms with Gasteiger partial charge in [-0.3, -0.25) is 34.0 Å². The number of nitrogens with zero attached hydrogens (tertiary/aromatic N) is 2. The van der Waals surface area contributed by atoms with Crippen molar-refractivity contribution in [2.45, 2.75) is 75.2 Å². The fraction of sp³-hybridized carbons (Fsp3) is 0.517. The van der Waals surface area contributed by atoms with Gasteiger partial charge in [0.1, 0.15) is 24.2 Å². The highest BCUT2D eigenvalue weighted by Crippen LogP contribution is 2.12. The topological polar surface area (TPSA) is 372 Å². The van der Waals surface area contributed by atoms with Crippen LogP contribution in [0.5, 0.6) is 0 Å². The molecule has 0 fully saturated rings. The molecule has 1 aromatic carbocycles. The Hall–Kier alpha value is -5.21. The van der Waals surface area contributed by atoms with Gasteiger partial charge in [-0.15, -0.1) is 0 Å². The first kappa shape index (κ1) is 42.8. The molecule has 1 aromatic rings. The monoisotopic (exact) mass is 726 g/mol. The van der Waals surface area contributed by atoms with Gasteiger partial charge < -0.3 is 65.9 Å². The predicted molar refractivity (Wildman–Crippen MR) is 184 cm³/mol. The van der Waals surface area contributed by atoms with Gasteiger partial charge in [0.25, 0.3) is 0 Å². The first-order valence-corrected chi connectivity index (χ1v) is 15.9. The predicted octanol–water partition coefficient (Wildman–Crippen LogP) is -4.40. The van der Waals surface area contributed by atoms with Crippen molar-refractivity contribution in [3.8, 4) is 0 Å². The van der Waals surface area contributed by atoms with Crippen LogP contribution in [0.3, 0.4) is 0 Å². The summed E-state index contributed by atoms with van der Waals surface area (Å²) in [6.45, 7) is -0.723. The van der Waals surface area contributed by atoms with Crippen LogP contribution in [0.4, 0.5) is 0 Å². The lowest BCUT2D eigenvalue weighted by Crippen LogP contribution is -2.59. The number of carbonyl (C=O) groups excluding carboxylic acids is 5. The number of carbonyl (C=O) groups is 6. The van der Waals surface area contributed by atoms with Crippen molar-refractivity contribution in [3.63, 3.8) is 0 Å². The van der Waals surface area contributed by atoms with Gasteiger partial charge in [0.15, 0.2) is 11.9 Å². The molecule has 0 aliphatic rings. The van der Waals surface area contributed by atoms with E-state index in [1.807, 2.05) is 0 Å². The molecule has 0 aromatic heterocycles. The number of nitrogens with two attached hydrogens (primary N) is 6. The number of guanidine groups is 2. The molecule has 278 valence electrons. The van der Waals surface area contributed by atoms with E-state index in [4.69, 9.17) is 46.0 Å². The Morgan fingerprint density at radius 2 is 1.14 bits per heavy atom. The molecule has 1 rings (SSSR count). The number of amides is 5. The number of carboxylic acid groups (broad SMARTS) is 1. The number of halogens is 1. The minimum Gasteiger partial charge on any atom is -0.480 e. The van der Waals surface area contributed by atoms with Crippen molar-refractivity contribution < 1.29 is 39.0 Å². The maximum Gasteiger partial charge on any atom is 0.326 e. The van der Waals surface area contributed by atoms with E-state index in [1.54, 1.807) is 24.3 Å². The highest BCUT2D eigenvalue weighted by Gasteiger charge is 2.32.